The van der Waals surface area contributed by atoms with Gasteiger partial charge in [0.25, 0.3) is 0 Å². The SMILES string of the molecule is CN(C)c1cc(N)cc(F)c1. The van der Waals surface area contributed by atoms with Crippen LogP contribution in [0.5, 0.6) is 0 Å². The van der Waals surface area contributed by atoms with E-state index < -0.39 is 0 Å². The molecule has 0 fully saturated rings. The molecule has 0 aliphatic rings. The zero-order valence-corrected chi connectivity index (χ0v) is 6.63. The molecule has 3 heteroatoms. The van der Waals surface area contributed by atoms with Crippen molar-refractivity contribution in [1.29, 1.82) is 0 Å². The lowest BCUT2D eigenvalue weighted by Crippen LogP contribution is -2.09. The van der Waals surface area contributed by atoms with Crippen molar-refractivity contribution >= 4 is 11.4 Å². The van der Waals surface area contributed by atoms with E-state index in [1.165, 1.54) is 12.1 Å². The highest BCUT2D eigenvalue weighted by Crippen LogP contribution is 2.17. The zero-order chi connectivity index (χ0) is 8.43. The molecule has 0 radical (unpaired) electrons. The largest absolute Gasteiger partial charge is 0.399 e. The van der Waals surface area contributed by atoms with Gasteiger partial charge in [-0.15, -0.1) is 0 Å². The minimum absolute atomic E-state index is 0.297. The molecule has 0 saturated heterocycles. The van der Waals surface area contributed by atoms with Crippen LogP contribution in [0.15, 0.2) is 18.2 Å². The van der Waals surface area contributed by atoms with Gasteiger partial charge < -0.3 is 10.6 Å². The molecular weight excluding hydrogens is 143 g/mol. The Morgan fingerprint density at radius 3 is 2.36 bits per heavy atom. The third-order valence-corrected chi connectivity index (χ3v) is 1.42. The lowest BCUT2D eigenvalue weighted by molar-refractivity contribution is 0.628. The fraction of sp³-hybridized carbons (Fsp3) is 0.250. The normalized spacial score (nSPS) is 9.73. The van der Waals surface area contributed by atoms with Crippen LogP contribution in [0.25, 0.3) is 0 Å². The van der Waals surface area contributed by atoms with Gasteiger partial charge in [0.15, 0.2) is 0 Å². The number of rotatable bonds is 1. The first-order chi connectivity index (χ1) is 5.09. The molecule has 2 nitrogen and oxygen atoms in total. The predicted molar refractivity (Wildman–Crippen MR) is 45.1 cm³/mol. The first kappa shape index (κ1) is 7.85. The molecule has 0 spiro atoms. The minimum Gasteiger partial charge on any atom is -0.399 e. The second-order valence-electron chi connectivity index (χ2n) is 2.64. The van der Waals surface area contributed by atoms with E-state index in [0.717, 1.165) is 5.69 Å². The Morgan fingerprint density at radius 1 is 1.27 bits per heavy atom. The maximum absolute atomic E-state index is 12.7. The topological polar surface area (TPSA) is 29.3 Å². The van der Waals surface area contributed by atoms with Crippen LogP contribution >= 0.6 is 0 Å². The van der Waals surface area contributed by atoms with E-state index in [9.17, 15) is 4.39 Å². The van der Waals surface area contributed by atoms with Crippen molar-refractivity contribution in [3.05, 3.63) is 24.0 Å². The number of halogens is 1. The van der Waals surface area contributed by atoms with Gasteiger partial charge in [-0.2, -0.15) is 0 Å². The summed E-state index contributed by atoms with van der Waals surface area (Å²) in [4.78, 5) is 1.80. The highest BCUT2D eigenvalue weighted by molar-refractivity contribution is 5.55. The molecule has 0 unspecified atom stereocenters. The van der Waals surface area contributed by atoms with E-state index >= 15 is 0 Å². The zero-order valence-electron chi connectivity index (χ0n) is 6.63. The lowest BCUT2D eigenvalue weighted by atomic mass is 10.2. The quantitative estimate of drug-likeness (QED) is 0.621. The number of anilines is 2. The summed E-state index contributed by atoms with van der Waals surface area (Å²) in [5.74, 6) is -0.297. The molecule has 0 atom stereocenters. The third-order valence-electron chi connectivity index (χ3n) is 1.42. The summed E-state index contributed by atoms with van der Waals surface area (Å²) in [5.41, 5.74) is 6.66. The molecule has 1 rings (SSSR count). The fourth-order valence-corrected chi connectivity index (χ4v) is 0.854. The van der Waals surface area contributed by atoms with E-state index in [4.69, 9.17) is 5.73 Å². The predicted octanol–water partition coefficient (Wildman–Crippen LogP) is 1.47. The van der Waals surface area contributed by atoms with E-state index in [0.29, 0.717) is 5.69 Å². The minimum atomic E-state index is -0.297. The Labute approximate surface area is 65.4 Å². The van der Waals surface area contributed by atoms with Gasteiger partial charge in [0, 0.05) is 25.5 Å². The van der Waals surface area contributed by atoms with Crippen LogP contribution in [0.1, 0.15) is 0 Å². The molecule has 2 N–H and O–H groups in total. The van der Waals surface area contributed by atoms with E-state index in [-0.39, 0.29) is 5.82 Å². The van der Waals surface area contributed by atoms with Crippen molar-refractivity contribution in [2.24, 2.45) is 0 Å². The summed E-state index contributed by atoms with van der Waals surface area (Å²) >= 11 is 0. The van der Waals surface area contributed by atoms with Crippen LogP contribution < -0.4 is 10.6 Å². The Hall–Kier alpha value is -1.25. The van der Waals surface area contributed by atoms with Gasteiger partial charge in [-0.1, -0.05) is 0 Å². The Morgan fingerprint density at radius 2 is 1.91 bits per heavy atom. The van der Waals surface area contributed by atoms with Gasteiger partial charge in [0.2, 0.25) is 0 Å². The molecule has 1 aromatic carbocycles. The number of nitrogen functional groups attached to an aromatic ring is 1. The molecule has 0 saturated carbocycles. The van der Waals surface area contributed by atoms with Crippen LogP contribution in [0, 0.1) is 5.82 Å². The second-order valence-corrected chi connectivity index (χ2v) is 2.64. The molecule has 11 heavy (non-hydrogen) atoms. The molecule has 0 amide bonds. The Balaban J connectivity index is 3.08. The van der Waals surface area contributed by atoms with Crippen molar-refractivity contribution in [3.8, 4) is 0 Å². The first-order valence-corrected chi connectivity index (χ1v) is 3.33. The number of nitrogens with zero attached hydrogens (tertiary/aromatic N) is 1. The molecule has 0 aliphatic heterocycles. The van der Waals surface area contributed by atoms with Crippen LogP contribution in [0.3, 0.4) is 0 Å². The van der Waals surface area contributed by atoms with Crippen molar-refractivity contribution in [3.63, 3.8) is 0 Å². The van der Waals surface area contributed by atoms with Gasteiger partial charge in [-0.05, 0) is 18.2 Å². The van der Waals surface area contributed by atoms with Gasteiger partial charge in [-0.25, -0.2) is 4.39 Å². The number of benzene rings is 1. The molecule has 1 aromatic rings. The second kappa shape index (κ2) is 2.78. The first-order valence-electron chi connectivity index (χ1n) is 3.33. The van der Waals surface area contributed by atoms with Gasteiger partial charge in [0.05, 0.1) is 0 Å². The van der Waals surface area contributed by atoms with Crippen LogP contribution in [-0.2, 0) is 0 Å². The molecule has 60 valence electrons. The van der Waals surface area contributed by atoms with Crippen LogP contribution in [0.4, 0.5) is 15.8 Å². The average Bonchev–Trinajstić information content (AvgIpc) is 1.85. The third kappa shape index (κ3) is 1.83. The van der Waals surface area contributed by atoms with Crippen LogP contribution in [0.2, 0.25) is 0 Å². The van der Waals surface area contributed by atoms with Gasteiger partial charge >= 0.3 is 0 Å². The van der Waals surface area contributed by atoms with Crippen molar-refractivity contribution in [1.82, 2.24) is 0 Å². The Kier molecular flexibility index (Phi) is 1.98. The molecule has 0 heterocycles. The molecule has 0 aliphatic carbocycles. The number of hydrogen-bond acceptors (Lipinski definition) is 2. The fourth-order valence-electron chi connectivity index (χ4n) is 0.854. The summed E-state index contributed by atoms with van der Waals surface area (Å²) in [5, 5.41) is 0. The Bertz CT molecular complexity index is 238. The highest BCUT2D eigenvalue weighted by atomic mass is 19.1. The molecular formula is C8H11FN2. The molecule has 0 aromatic heterocycles. The number of hydrogen-bond donors (Lipinski definition) is 1. The van der Waals surface area contributed by atoms with Crippen molar-refractivity contribution < 1.29 is 4.39 Å². The number of nitrogens with two attached hydrogens (primary N) is 1. The van der Waals surface area contributed by atoms with Crippen molar-refractivity contribution in [2.75, 3.05) is 24.7 Å². The van der Waals surface area contributed by atoms with Gasteiger partial charge in [0.1, 0.15) is 5.82 Å². The summed E-state index contributed by atoms with van der Waals surface area (Å²) in [7, 11) is 3.68. The van der Waals surface area contributed by atoms with E-state index in [1.807, 2.05) is 14.1 Å². The maximum atomic E-state index is 12.7. The molecule has 0 bridgehead atoms. The summed E-state index contributed by atoms with van der Waals surface area (Å²) in [6.45, 7) is 0. The van der Waals surface area contributed by atoms with E-state index in [1.54, 1.807) is 11.0 Å². The standard InChI is InChI=1S/C8H11FN2/c1-11(2)8-4-6(9)3-7(10)5-8/h3-5H,10H2,1-2H3. The summed E-state index contributed by atoms with van der Waals surface area (Å²) in [6, 6.07) is 4.46. The summed E-state index contributed by atoms with van der Waals surface area (Å²) < 4.78 is 12.7. The van der Waals surface area contributed by atoms with E-state index in [2.05, 4.69) is 0 Å². The highest BCUT2D eigenvalue weighted by Gasteiger charge is 1.98. The monoisotopic (exact) mass is 154 g/mol. The summed E-state index contributed by atoms with van der Waals surface area (Å²) in [6.07, 6.45) is 0. The van der Waals surface area contributed by atoms with Gasteiger partial charge in [-0.3, -0.25) is 0 Å². The smallest absolute Gasteiger partial charge is 0.127 e. The maximum Gasteiger partial charge on any atom is 0.127 e. The average molecular weight is 154 g/mol. The van der Waals surface area contributed by atoms with Crippen LogP contribution in [-0.4, -0.2) is 14.1 Å². The van der Waals surface area contributed by atoms with Crippen molar-refractivity contribution in [2.45, 2.75) is 0 Å². The lowest BCUT2D eigenvalue weighted by Gasteiger charge is -2.12.